The quantitative estimate of drug-likeness (QED) is 0.577. The Morgan fingerprint density at radius 2 is 2.14 bits per heavy atom. The van der Waals surface area contributed by atoms with Crippen molar-refractivity contribution in [2.45, 2.75) is 6.92 Å². The molecule has 0 radical (unpaired) electrons. The number of nitrogens with one attached hydrogen (secondary N) is 2. The normalized spacial score (nSPS) is 10.1. The van der Waals surface area contributed by atoms with E-state index in [1.165, 1.54) is 18.3 Å². The summed E-state index contributed by atoms with van der Waals surface area (Å²) in [5.41, 5.74) is -0.0666. The van der Waals surface area contributed by atoms with E-state index in [-0.39, 0.29) is 16.8 Å². The molecule has 0 aliphatic carbocycles. The molecular formula is C12H10N4O5. The second-order valence-electron chi connectivity index (χ2n) is 4.16. The van der Waals surface area contributed by atoms with Crippen molar-refractivity contribution in [1.82, 2.24) is 10.2 Å². The van der Waals surface area contributed by atoms with E-state index in [2.05, 4.69) is 15.5 Å². The smallest absolute Gasteiger partial charge is 0.335 e. The number of carbonyl (C=O) groups excluding carboxylic acids is 1. The van der Waals surface area contributed by atoms with Crippen molar-refractivity contribution in [2.24, 2.45) is 0 Å². The number of hydrogen-bond acceptors (Lipinski definition) is 5. The zero-order chi connectivity index (χ0) is 15.6. The van der Waals surface area contributed by atoms with E-state index in [0.717, 1.165) is 6.07 Å². The average molecular weight is 290 g/mol. The summed E-state index contributed by atoms with van der Waals surface area (Å²) in [7, 11) is 0. The second kappa shape index (κ2) is 5.41. The molecule has 108 valence electrons. The first-order valence-electron chi connectivity index (χ1n) is 5.73. The number of carbonyl (C=O) groups is 2. The number of aromatic nitrogens is 2. The van der Waals surface area contributed by atoms with Gasteiger partial charge in [0.15, 0.2) is 0 Å². The van der Waals surface area contributed by atoms with Gasteiger partial charge in [-0.25, -0.2) is 4.79 Å². The minimum absolute atomic E-state index is 0.0874. The minimum Gasteiger partial charge on any atom is -0.478 e. The van der Waals surface area contributed by atoms with Crippen molar-refractivity contribution in [3.8, 4) is 0 Å². The summed E-state index contributed by atoms with van der Waals surface area (Å²) in [5.74, 6) is -1.87. The Morgan fingerprint density at radius 3 is 2.67 bits per heavy atom. The number of H-pyrrole nitrogens is 1. The molecule has 1 heterocycles. The molecule has 2 aromatic rings. The van der Waals surface area contributed by atoms with Crippen molar-refractivity contribution < 1.29 is 19.6 Å². The molecule has 0 unspecified atom stereocenters. The van der Waals surface area contributed by atoms with Crippen molar-refractivity contribution in [3.05, 3.63) is 51.3 Å². The van der Waals surface area contributed by atoms with E-state index in [1.807, 2.05) is 0 Å². The Morgan fingerprint density at radius 1 is 1.43 bits per heavy atom. The van der Waals surface area contributed by atoms with Gasteiger partial charge in [0.05, 0.1) is 22.2 Å². The summed E-state index contributed by atoms with van der Waals surface area (Å²) in [6.45, 7) is 1.63. The predicted molar refractivity (Wildman–Crippen MR) is 71.3 cm³/mol. The molecule has 3 N–H and O–H groups in total. The molecule has 0 aliphatic rings. The van der Waals surface area contributed by atoms with E-state index in [4.69, 9.17) is 5.11 Å². The third kappa shape index (κ3) is 2.86. The Balaban J connectivity index is 2.36. The molecule has 2 rings (SSSR count). The highest BCUT2D eigenvalue weighted by atomic mass is 16.6. The zero-order valence-electron chi connectivity index (χ0n) is 10.8. The van der Waals surface area contributed by atoms with Gasteiger partial charge in [-0.05, 0) is 19.1 Å². The van der Waals surface area contributed by atoms with Crippen LogP contribution in [-0.2, 0) is 0 Å². The molecule has 1 amide bonds. The van der Waals surface area contributed by atoms with Crippen LogP contribution in [0.2, 0.25) is 0 Å². The predicted octanol–water partition coefficient (Wildman–Crippen LogP) is 1.58. The monoisotopic (exact) mass is 290 g/mol. The third-order valence-electron chi connectivity index (χ3n) is 2.76. The van der Waals surface area contributed by atoms with Gasteiger partial charge in [0.25, 0.3) is 11.6 Å². The fraction of sp³-hybridized carbons (Fsp3) is 0.0833. The lowest BCUT2D eigenvalue weighted by atomic mass is 10.1. The number of aryl methyl sites for hydroxylation is 1. The van der Waals surface area contributed by atoms with Crippen LogP contribution in [0.5, 0.6) is 0 Å². The van der Waals surface area contributed by atoms with Crippen LogP contribution in [-0.4, -0.2) is 32.1 Å². The summed E-state index contributed by atoms with van der Waals surface area (Å²) >= 11 is 0. The van der Waals surface area contributed by atoms with Gasteiger partial charge in [-0.3, -0.25) is 20.0 Å². The highest BCUT2D eigenvalue weighted by Gasteiger charge is 2.20. The van der Waals surface area contributed by atoms with Gasteiger partial charge < -0.3 is 10.4 Å². The van der Waals surface area contributed by atoms with Crippen LogP contribution in [0.1, 0.15) is 26.4 Å². The number of hydrogen-bond donors (Lipinski definition) is 3. The Kier molecular flexibility index (Phi) is 3.65. The summed E-state index contributed by atoms with van der Waals surface area (Å²) in [6, 6.07) is 3.24. The molecule has 21 heavy (non-hydrogen) atoms. The third-order valence-corrected chi connectivity index (χ3v) is 2.76. The fourth-order valence-electron chi connectivity index (χ4n) is 1.69. The fourth-order valence-corrected chi connectivity index (χ4v) is 1.69. The first-order chi connectivity index (χ1) is 9.90. The Labute approximate surface area is 117 Å². The van der Waals surface area contributed by atoms with Gasteiger partial charge in [-0.1, -0.05) is 0 Å². The number of aromatic carboxylic acids is 1. The lowest BCUT2D eigenvalue weighted by Gasteiger charge is -2.06. The van der Waals surface area contributed by atoms with Crippen molar-refractivity contribution >= 4 is 23.3 Å². The van der Waals surface area contributed by atoms with Crippen LogP contribution >= 0.6 is 0 Å². The maximum Gasteiger partial charge on any atom is 0.335 e. The van der Waals surface area contributed by atoms with Crippen LogP contribution in [0.25, 0.3) is 0 Å². The molecule has 0 saturated heterocycles. The first kappa shape index (κ1) is 14.2. The number of rotatable bonds is 4. The lowest BCUT2D eigenvalue weighted by Crippen LogP contribution is -2.14. The van der Waals surface area contributed by atoms with Crippen molar-refractivity contribution in [3.63, 3.8) is 0 Å². The summed E-state index contributed by atoms with van der Waals surface area (Å²) in [4.78, 5) is 33.0. The van der Waals surface area contributed by atoms with E-state index >= 15 is 0 Å². The van der Waals surface area contributed by atoms with Gasteiger partial charge in [0.1, 0.15) is 5.69 Å². The number of nitro benzene ring substituents is 1. The molecule has 0 aliphatic heterocycles. The van der Waals surface area contributed by atoms with Gasteiger partial charge >= 0.3 is 5.97 Å². The number of benzene rings is 1. The summed E-state index contributed by atoms with van der Waals surface area (Å²) in [5, 5.41) is 28.4. The molecule has 0 spiro atoms. The molecule has 9 nitrogen and oxygen atoms in total. The standard InChI is InChI=1S/C12H10N4O5/c1-6-8(5-13-15-6)11(17)14-9-3-2-7(12(18)19)4-10(9)16(20)21/h2-5H,1H3,(H,13,15)(H,14,17)(H,18,19). The number of anilines is 1. The zero-order valence-corrected chi connectivity index (χ0v) is 10.8. The van der Waals surface area contributed by atoms with Gasteiger partial charge in [-0.2, -0.15) is 5.10 Å². The maximum absolute atomic E-state index is 12.0. The minimum atomic E-state index is -1.29. The summed E-state index contributed by atoms with van der Waals surface area (Å²) in [6.07, 6.45) is 1.29. The first-order valence-corrected chi connectivity index (χ1v) is 5.73. The van der Waals surface area contributed by atoms with Crippen LogP contribution in [0.3, 0.4) is 0 Å². The van der Waals surface area contributed by atoms with Crippen molar-refractivity contribution in [1.29, 1.82) is 0 Å². The van der Waals surface area contributed by atoms with Crippen molar-refractivity contribution in [2.75, 3.05) is 5.32 Å². The van der Waals surface area contributed by atoms with Gasteiger partial charge in [0.2, 0.25) is 0 Å². The molecule has 9 heteroatoms. The van der Waals surface area contributed by atoms with E-state index in [9.17, 15) is 19.7 Å². The highest BCUT2D eigenvalue weighted by molar-refractivity contribution is 6.06. The maximum atomic E-state index is 12.0. The van der Waals surface area contributed by atoms with Crippen LogP contribution < -0.4 is 5.32 Å². The number of carboxylic acid groups (broad SMARTS) is 1. The molecule has 0 bridgehead atoms. The van der Waals surface area contributed by atoms with Crippen LogP contribution in [0.15, 0.2) is 24.4 Å². The molecule has 1 aromatic carbocycles. The second-order valence-corrected chi connectivity index (χ2v) is 4.16. The number of amides is 1. The van der Waals surface area contributed by atoms with E-state index in [0.29, 0.717) is 5.69 Å². The highest BCUT2D eigenvalue weighted by Crippen LogP contribution is 2.26. The number of carboxylic acids is 1. The molecule has 1 aromatic heterocycles. The Hall–Kier alpha value is -3.23. The van der Waals surface area contributed by atoms with Gasteiger partial charge in [0, 0.05) is 11.8 Å². The van der Waals surface area contributed by atoms with E-state index in [1.54, 1.807) is 6.92 Å². The largest absolute Gasteiger partial charge is 0.478 e. The Bertz CT molecular complexity index is 737. The topological polar surface area (TPSA) is 138 Å². The number of nitrogens with zero attached hydrogens (tertiary/aromatic N) is 2. The summed E-state index contributed by atoms with van der Waals surface area (Å²) < 4.78 is 0. The average Bonchev–Trinajstić information content (AvgIpc) is 2.85. The molecular weight excluding hydrogens is 280 g/mol. The number of nitro groups is 1. The number of aromatic amines is 1. The van der Waals surface area contributed by atoms with Crippen LogP contribution in [0.4, 0.5) is 11.4 Å². The lowest BCUT2D eigenvalue weighted by molar-refractivity contribution is -0.383. The van der Waals surface area contributed by atoms with Crippen LogP contribution in [0, 0.1) is 17.0 Å². The van der Waals surface area contributed by atoms with E-state index < -0.39 is 22.5 Å². The molecule has 0 atom stereocenters. The molecule has 0 fully saturated rings. The SMILES string of the molecule is Cc1[nH]ncc1C(=O)Nc1ccc(C(=O)O)cc1[N+](=O)[O-]. The van der Waals surface area contributed by atoms with Gasteiger partial charge in [-0.15, -0.1) is 0 Å². The molecule has 0 saturated carbocycles.